The first-order chi connectivity index (χ1) is 12.1. The van der Waals surface area contributed by atoms with Crippen molar-refractivity contribution in [1.82, 2.24) is 9.55 Å². The van der Waals surface area contributed by atoms with Crippen LogP contribution >= 0.6 is 22.6 Å². The van der Waals surface area contributed by atoms with E-state index in [2.05, 4.69) is 27.6 Å². The summed E-state index contributed by atoms with van der Waals surface area (Å²) < 4.78 is 14.4. The molecule has 0 N–H and O–H groups in total. The van der Waals surface area contributed by atoms with Gasteiger partial charge < -0.3 is 9.47 Å². The van der Waals surface area contributed by atoms with Gasteiger partial charge in [-0.05, 0) is 65.9 Å². The van der Waals surface area contributed by atoms with Crippen LogP contribution in [0.3, 0.4) is 0 Å². The van der Waals surface area contributed by atoms with Crippen molar-refractivity contribution in [3.05, 3.63) is 82.5 Å². The number of nitrogens with zero attached hydrogens (tertiary/aromatic N) is 2. The Bertz CT molecular complexity index is 820. The Balaban J connectivity index is 1.79. The minimum atomic E-state index is -1.02. The fourth-order valence-electron chi connectivity index (χ4n) is 2.27. The fraction of sp³-hybridized carbons (Fsp3) is 0.158. The number of hydrogen-bond acceptors (Lipinski definition) is 4. The highest BCUT2D eigenvalue weighted by atomic mass is 127. The zero-order valence-electron chi connectivity index (χ0n) is 13.6. The van der Waals surface area contributed by atoms with E-state index in [1.54, 1.807) is 42.3 Å². The smallest absolute Gasteiger partial charge is 0.340 e. The molecule has 128 valence electrons. The number of para-hydroxylation sites is 1. The molecule has 1 atom stereocenters. The van der Waals surface area contributed by atoms with Gasteiger partial charge in [-0.2, -0.15) is 0 Å². The zero-order chi connectivity index (χ0) is 17.7. The first kappa shape index (κ1) is 17.5. The van der Waals surface area contributed by atoms with Gasteiger partial charge >= 0.3 is 5.97 Å². The largest absolute Gasteiger partial charge is 0.487 e. The molecule has 0 saturated heterocycles. The molecule has 1 heterocycles. The lowest BCUT2D eigenvalue weighted by Crippen LogP contribution is -2.40. The van der Waals surface area contributed by atoms with Crippen molar-refractivity contribution < 1.29 is 14.3 Å². The van der Waals surface area contributed by atoms with Crippen molar-refractivity contribution in [2.24, 2.45) is 0 Å². The molecule has 0 unspecified atom stereocenters. The van der Waals surface area contributed by atoms with Crippen LogP contribution in [0.1, 0.15) is 17.3 Å². The average molecular weight is 448 g/mol. The molecule has 5 nitrogen and oxygen atoms in total. The molecule has 0 fully saturated rings. The molecule has 0 bridgehead atoms. The molecule has 6 heteroatoms. The number of aromatic nitrogens is 2. The summed E-state index contributed by atoms with van der Waals surface area (Å²) in [6.07, 6.45) is 4.99. The molecule has 0 aliphatic carbocycles. The Morgan fingerprint density at radius 2 is 1.88 bits per heavy atom. The summed E-state index contributed by atoms with van der Waals surface area (Å²) >= 11 is 2.19. The lowest BCUT2D eigenvalue weighted by atomic mass is 10.2. The highest BCUT2D eigenvalue weighted by molar-refractivity contribution is 14.1. The van der Waals surface area contributed by atoms with E-state index in [9.17, 15) is 4.79 Å². The van der Waals surface area contributed by atoms with Crippen LogP contribution in [-0.4, -0.2) is 22.1 Å². The maximum absolute atomic E-state index is 12.6. The van der Waals surface area contributed by atoms with Gasteiger partial charge in [-0.1, -0.05) is 18.2 Å². The van der Waals surface area contributed by atoms with Crippen molar-refractivity contribution in [2.75, 3.05) is 6.61 Å². The molecule has 25 heavy (non-hydrogen) atoms. The molecular weight excluding hydrogens is 431 g/mol. The predicted octanol–water partition coefficient (Wildman–Crippen LogP) is 4.10. The summed E-state index contributed by atoms with van der Waals surface area (Å²) in [6.45, 7) is 1.95. The van der Waals surface area contributed by atoms with Gasteiger partial charge in [0.05, 0.1) is 11.9 Å². The molecule has 0 spiro atoms. The molecule has 3 rings (SSSR count). The van der Waals surface area contributed by atoms with Crippen LogP contribution in [0.4, 0.5) is 0 Å². The van der Waals surface area contributed by atoms with E-state index < -0.39 is 11.7 Å². The molecule has 0 aliphatic heterocycles. The normalized spacial score (nSPS) is 13.0. The lowest BCUT2D eigenvalue weighted by molar-refractivity contribution is -0.0794. The van der Waals surface area contributed by atoms with Crippen LogP contribution in [0.15, 0.2) is 73.3 Å². The zero-order valence-corrected chi connectivity index (χ0v) is 15.8. The Morgan fingerprint density at radius 3 is 2.52 bits per heavy atom. The second-order valence-electron chi connectivity index (χ2n) is 5.64. The third kappa shape index (κ3) is 4.39. The highest BCUT2D eigenvalue weighted by Crippen LogP contribution is 2.22. The van der Waals surface area contributed by atoms with E-state index in [4.69, 9.17) is 9.47 Å². The third-order valence-corrected chi connectivity index (χ3v) is 4.41. The lowest BCUT2D eigenvalue weighted by Gasteiger charge is -2.30. The second kappa shape index (κ2) is 7.69. The van der Waals surface area contributed by atoms with E-state index >= 15 is 0 Å². The number of ether oxygens (including phenoxy) is 2. The average Bonchev–Trinajstić information content (AvgIpc) is 3.17. The highest BCUT2D eigenvalue weighted by Gasteiger charge is 2.32. The first-order valence-electron chi connectivity index (χ1n) is 7.72. The van der Waals surface area contributed by atoms with E-state index in [1.165, 1.54) is 0 Å². The van der Waals surface area contributed by atoms with Gasteiger partial charge in [0.2, 0.25) is 5.72 Å². The summed E-state index contributed by atoms with van der Waals surface area (Å²) in [5, 5.41) is 0. The topological polar surface area (TPSA) is 53.4 Å². The second-order valence-corrected chi connectivity index (χ2v) is 6.89. The van der Waals surface area contributed by atoms with Crippen LogP contribution < -0.4 is 4.74 Å². The number of carbonyl (C=O) groups excluding carboxylic acids is 1. The van der Waals surface area contributed by atoms with Crippen LogP contribution in [0, 0.1) is 3.57 Å². The fourth-order valence-corrected chi connectivity index (χ4v) is 2.63. The maximum Gasteiger partial charge on any atom is 0.340 e. The summed E-state index contributed by atoms with van der Waals surface area (Å²) in [5.41, 5.74) is -0.529. The number of halogens is 1. The quantitative estimate of drug-likeness (QED) is 0.421. The molecule has 0 saturated carbocycles. The van der Waals surface area contributed by atoms with Crippen molar-refractivity contribution in [3.8, 4) is 5.75 Å². The van der Waals surface area contributed by atoms with Crippen molar-refractivity contribution >= 4 is 28.6 Å². The molecule has 0 radical (unpaired) electrons. The molecule has 3 aromatic rings. The van der Waals surface area contributed by atoms with E-state index in [0.717, 1.165) is 3.57 Å². The SMILES string of the molecule is C[C@](COc1ccccc1)(OC(=O)c1ccc(I)cc1)n1ccnc1. The minimum Gasteiger partial charge on any atom is -0.487 e. The van der Waals surface area contributed by atoms with Gasteiger partial charge in [-0.15, -0.1) is 0 Å². The number of imidazole rings is 1. The van der Waals surface area contributed by atoms with E-state index in [-0.39, 0.29) is 6.61 Å². The van der Waals surface area contributed by atoms with E-state index in [0.29, 0.717) is 11.3 Å². The van der Waals surface area contributed by atoms with Gasteiger partial charge in [-0.25, -0.2) is 9.78 Å². The molecular formula is C19H17IN2O3. The van der Waals surface area contributed by atoms with Crippen LogP contribution in [0.5, 0.6) is 5.75 Å². The van der Waals surface area contributed by atoms with E-state index in [1.807, 2.05) is 42.5 Å². The summed E-state index contributed by atoms with van der Waals surface area (Å²) in [6, 6.07) is 16.6. The number of rotatable bonds is 6. The van der Waals surface area contributed by atoms with Crippen molar-refractivity contribution in [3.63, 3.8) is 0 Å². The van der Waals surface area contributed by atoms with Gasteiger partial charge in [0, 0.05) is 16.0 Å². The monoisotopic (exact) mass is 448 g/mol. The Labute approximate surface area is 159 Å². The number of esters is 1. The molecule has 0 aliphatic rings. The third-order valence-electron chi connectivity index (χ3n) is 3.69. The van der Waals surface area contributed by atoms with Crippen molar-refractivity contribution in [2.45, 2.75) is 12.6 Å². The number of hydrogen-bond donors (Lipinski definition) is 0. The maximum atomic E-state index is 12.6. The van der Waals surface area contributed by atoms with Gasteiger partial charge in [-0.3, -0.25) is 4.57 Å². The number of carbonyl (C=O) groups is 1. The van der Waals surface area contributed by atoms with Crippen LogP contribution in [-0.2, 0) is 10.5 Å². The summed E-state index contributed by atoms with van der Waals surface area (Å²) in [7, 11) is 0. The molecule has 0 amide bonds. The first-order valence-corrected chi connectivity index (χ1v) is 8.80. The minimum absolute atomic E-state index is 0.156. The Hall–Kier alpha value is -2.35. The van der Waals surface area contributed by atoms with Gasteiger partial charge in [0.15, 0.2) is 0 Å². The van der Waals surface area contributed by atoms with Crippen LogP contribution in [0.25, 0.3) is 0 Å². The summed E-state index contributed by atoms with van der Waals surface area (Å²) in [5.74, 6) is 0.295. The number of benzene rings is 2. The van der Waals surface area contributed by atoms with Crippen LogP contribution in [0.2, 0.25) is 0 Å². The summed E-state index contributed by atoms with van der Waals surface area (Å²) in [4.78, 5) is 16.6. The Morgan fingerprint density at radius 1 is 1.16 bits per heavy atom. The Kier molecular flexibility index (Phi) is 5.37. The van der Waals surface area contributed by atoms with Gasteiger partial charge in [0.1, 0.15) is 12.4 Å². The molecule has 2 aromatic carbocycles. The standard InChI is InChI=1S/C19H17IN2O3/c1-19(22-12-11-21-14-22,13-24-17-5-3-2-4-6-17)25-18(23)15-7-9-16(20)10-8-15/h2-12,14H,13H2,1H3/t19-/m1/s1. The molecule has 1 aromatic heterocycles. The van der Waals surface area contributed by atoms with Gasteiger partial charge in [0.25, 0.3) is 0 Å². The predicted molar refractivity (Wildman–Crippen MR) is 102 cm³/mol. The van der Waals surface area contributed by atoms with Crippen molar-refractivity contribution in [1.29, 1.82) is 0 Å².